The normalized spacial score (nSPS) is 13.6. The number of hydrogen-bond donors (Lipinski definition) is 5. The number of aromatic nitrogens is 8. The first-order valence-electron chi connectivity index (χ1n) is 35.3. The Balaban J connectivity index is 0.649. The number of allylic oxidation sites excluding steroid dienone is 1. The lowest BCUT2D eigenvalue weighted by molar-refractivity contribution is -0.141. The molecule has 0 radical (unpaired) electrons. The van der Waals surface area contributed by atoms with Crippen molar-refractivity contribution in [3.05, 3.63) is 94.6 Å². The van der Waals surface area contributed by atoms with E-state index in [4.69, 9.17) is 73.3 Å². The average molecular weight is 1470 g/mol. The number of nitrogens with two attached hydrogens (primary N) is 2. The second kappa shape index (κ2) is 44.0. The van der Waals surface area contributed by atoms with Crippen molar-refractivity contribution >= 4 is 75.3 Å². The lowest BCUT2D eigenvalue weighted by Crippen LogP contribution is -2.47. The van der Waals surface area contributed by atoms with Crippen LogP contribution in [0, 0.1) is 13.8 Å². The molecule has 574 valence electrons. The molecule has 0 spiro atoms. The second-order valence-corrected chi connectivity index (χ2v) is 24.1. The standard InChI is InChI=1S/C70H100N16O19/c1-6-85-56(43-50(3)78-85)67(92)76-69-74-54-45-52(65(71)90)47-58(63(54)80(69)5)104-21-9-8-15-83-64-55(75-70(83)77-68(93)57-44-51(4)79-86(57)7-2)46-53(66(72)91)48-59(64)105-22-10-14-81-16-18-82(19-17-81)20-24-95-26-28-97-30-32-99-34-36-101-38-40-103-42-41-102-39-37-100-35-33-98-31-29-96-27-25-94-23-13-73-60(87)49-84-61(88)11-12-62(84)89/h8-9,11-12,43-48H,6-7,10,13-42,49H2,1-5H3,(H2,71,90)(H2,72,91)(H,73,87)(H,74,76,92)(H,75,77,93)/b9-8+. The zero-order valence-corrected chi connectivity index (χ0v) is 60.6. The van der Waals surface area contributed by atoms with Gasteiger partial charge in [0.05, 0.1) is 161 Å². The van der Waals surface area contributed by atoms with Crippen molar-refractivity contribution in [1.82, 2.24) is 58.7 Å². The Morgan fingerprint density at radius 2 is 0.924 bits per heavy atom. The highest BCUT2D eigenvalue weighted by Gasteiger charge is 2.27. The number of nitrogens with zero attached hydrogens (tertiary/aromatic N) is 11. The van der Waals surface area contributed by atoms with Crippen LogP contribution in [0.5, 0.6) is 11.5 Å². The minimum Gasteiger partial charge on any atom is -0.491 e. The number of nitrogens with one attached hydrogen (secondary N) is 3. The van der Waals surface area contributed by atoms with Gasteiger partial charge in [0, 0.05) is 95.8 Å². The van der Waals surface area contributed by atoms with Crippen molar-refractivity contribution in [2.24, 2.45) is 18.5 Å². The average Bonchev–Trinajstić information content (AvgIpc) is 1.63. The number of anilines is 2. The molecule has 0 saturated carbocycles. The van der Waals surface area contributed by atoms with Crippen LogP contribution in [-0.2, 0) is 88.4 Å². The maximum atomic E-state index is 13.9. The fourth-order valence-corrected chi connectivity index (χ4v) is 11.1. The second-order valence-electron chi connectivity index (χ2n) is 24.1. The topological polar surface area (TPSA) is 399 Å². The van der Waals surface area contributed by atoms with Gasteiger partial charge >= 0.3 is 0 Å². The number of piperazine rings is 1. The number of imide groups is 1. The van der Waals surface area contributed by atoms with Crippen LogP contribution in [0.1, 0.15) is 73.3 Å². The fourth-order valence-electron chi connectivity index (χ4n) is 11.1. The van der Waals surface area contributed by atoms with Gasteiger partial charge in [-0.15, -0.1) is 0 Å². The van der Waals surface area contributed by atoms with E-state index in [1.807, 2.05) is 19.9 Å². The molecule has 7 amide bonds. The number of fused-ring (bicyclic) bond motifs is 2. The Bertz CT molecular complexity index is 3840. The zero-order chi connectivity index (χ0) is 74.7. The highest BCUT2D eigenvalue weighted by molar-refractivity contribution is 6.14. The predicted molar refractivity (Wildman–Crippen MR) is 383 cm³/mol. The Morgan fingerprint density at radius 3 is 1.39 bits per heavy atom. The minimum absolute atomic E-state index is 0.0142. The molecule has 0 atom stereocenters. The van der Waals surface area contributed by atoms with Gasteiger partial charge in [0.1, 0.15) is 47.1 Å². The maximum Gasteiger partial charge on any atom is 0.276 e. The van der Waals surface area contributed by atoms with E-state index in [-0.39, 0.29) is 61.6 Å². The Kier molecular flexibility index (Phi) is 34.2. The molecule has 1 fully saturated rings. The van der Waals surface area contributed by atoms with Crippen LogP contribution in [0.25, 0.3) is 22.1 Å². The van der Waals surface area contributed by atoms with Crippen molar-refractivity contribution in [2.75, 3.05) is 208 Å². The molecule has 2 aromatic carbocycles. The molecule has 35 heteroatoms. The van der Waals surface area contributed by atoms with Crippen molar-refractivity contribution in [2.45, 2.75) is 53.8 Å². The van der Waals surface area contributed by atoms with Crippen molar-refractivity contribution in [3.8, 4) is 11.5 Å². The first-order chi connectivity index (χ1) is 51.0. The van der Waals surface area contributed by atoms with Gasteiger partial charge in [0.15, 0.2) is 0 Å². The molecule has 1 saturated heterocycles. The summed E-state index contributed by atoms with van der Waals surface area (Å²) in [5.74, 6) is -2.62. The third kappa shape index (κ3) is 26.2. The monoisotopic (exact) mass is 1470 g/mol. The van der Waals surface area contributed by atoms with Crippen LogP contribution < -0.4 is 36.9 Å². The molecule has 0 aliphatic carbocycles. The number of primary amides is 2. The van der Waals surface area contributed by atoms with E-state index in [9.17, 15) is 33.6 Å². The summed E-state index contributed by atoms with van der Waals surface area (Å²) in [6.45, 7) is 22.5. The third-order valence-corrected chi connectivity index (χ3v) is 16.4. The molecule has 2 aliphatic rings. The van der Waals surface area contributed by atoms with Crippen molar-refractivity contribution in [3.63, 3.8) is 0 Å². The fraction of sp³-hybridized carbons (Fsp3) is 0.557. The molecule has 0 bridgehead atoms. The predicted octanol–water partition coefficient (Wildman–Crippen LogP) is 1.90. The molecular formula is C70H100N16O19. The Hall–Kier alpha value is -9.11. The van der Waals surface area contributed by atoms with E-state index < -0.39 is 41.4 Å². The van der Waals surface area contributed by atoms with Crippen LogP contribution in [-0.4, -0.2) is 292 Å². The summed E-state index contributed by atoms with van der Waals surface area (Å²) in [5, 5.41) is 17.3. The first-order valence-corrected chi connectivity index (χ1v) is 35.3. The third-order valence-electron chi connectivity index (χ3n) is 16.4. The van der Waals surface area contributed by atoms with Crippen LogP contribution in [0.15, 0.2) is 60.7 Å². The highest BCUT2D eigenvalue weighted by atomic mass is 16.6. The maximum absolute atomic E-state index is 13.9. The van der Waals surface area contributed by atoms with E-state index in [1.54, 1.807) is 69.7 Å². The number of carbonyl (C=O) groups excluding carboxylic acids is 7. The highest BCUT2D eigenvalue weighted by Crippen LogP contribution is 2.33. The van der Waals surface area contributed by atoms with Gasteiger partial charge in [-0.3, -0.25) is 63.4 Å². The van der Waals surface area contributed by atoms with E-state index >= 15 is 0 Å². The number of imidazole rings is 2. The molecule has 6 heterocycles. The molecule has 4 aromatic heterocycles. The number of rotatable bonds is 53. The number of aryl methyl sites for hydroxylation is 5. The number of benzene rings is 2. The summed E-state index contributed by atoms with van der Waals surface area (Å²) in [5.41, 5.74) is 15.8. The van der Waals surface area contributed by atoms with E-state index in [1.165, 1.54) is 12.1 Å². The molecule has 6 aromatic rings. The van der Waals surface area contributed by atoms with Crippen molar-refractivity contribution < 1.29 is 90.4 Å². The molecule has 7 N–H and O–H groups in total. The van der Waals surface area contributed by atoms with Gasteiger partial charge in [-0.1, -0.05) is 6.08 Å². The lowest BCUT2D eigenvalue weighted by atomic mass is 10.1. The number of hydrogen-bond acceptors (Lipinski definition) is 25. The summed E-state index contributed by atoms with van der Waals surface area (Å²) in [6, 6.07) is 9.60. The van der Waals surface area contributed by atoms with Gasteiger partial charge < -0.3 is 87.7 Å². The number of amides is 7. The molecular weight excluding hydrogens is 1370 g/mol. The molecule has 105 heavy (non-hydrogen) atoms. The lowest BCUT2D eigenvalue weighted by Gasteiger charge is -2.34. The van der Waals surface area contributed by atoms with Crippen LogP contribution in [0.3, 0.4) is 0 Å². The van der Waals surface area contributed by atoms with Gasteiger partial charge in [-0.2, -0.15) is 10.2 Å². The Labute approximate surface area is 608 Å². The van der Waals surface area contributed by atoms with Gasteiger partial charge in [0.2, 0.25) is 29.6 Å². The molecule has 2 aliphatic heterocycles. The summed E-state index contributed by atoms with van der Waals surface area (Å²) in [4.78, 5) is 103. The van der Waals surface area contributed by atoms with Gasteiger partial charge in [0.25, 0.3) is 23.6 Å². The molecule has 8 rings (SSSR count). The summed E-state index contributed by atoms with van der Waals surface area (Å²) in [7, 11) is 1.72. The van der Waals surface area contributed by atoms with E-state index in [2.05, 4.69) is 40.9 Å². The van der Waals surface area contributed by atoms with Crippen LogP contribution >= 0.6 is 0 Å². The van der Waals surface area contributed by atoms with Crippen molar-refractivity contribution in [1.29, 1.82) is 0 Å². The molecule has 0 unspecified atom stereocenters. The number of ether oxygens (including phenoxy) is 12. The minimum atomic E-state index is -0.692. The first kappa shape index (κ1) is 81.6. The van der Waals surface area contributed by atoms with Gasteiger partial charge in [-0.25, -0.2) is 9.97 Å². The Morgan fingerprint density at radius 1 is 0.505 bits per heavy atom. The van der Waals surface area contributed by atoms with Crippen LogP contribution in [0.4, 0.5) is 11.9 Å². The zero-order valence-electron chi connectivity index (χ0n) is 60.6. The largest absolute Gasteiger partial charge is 0.491 e. The molecule has 35 nitrogen and oxygen atoms in total. The summed E-state index contributed by atoms with van der Waals surface area (Å²) in [6.07, 6.45) is 6.53. The summed E-state index contributed by atoms with van der Waals surface area (Å²) >= 11 is 0. The number of carbonyl (C=O) groups is 7. The van der Waals surface area contributed by atoms with Crippen LogP contribution in [0.2, 0.25) is 0 Å². The quantitative estimate of drug-likeness (QED) is 0.0207. The SMILES string of the molecule is CCn1nc(C)cc1C(=O)Nc1nc2cc(C(N)=O)cc(OC/C=C/Cn3c(NC(=O)c4cc(C)nn4CC)nc4cc(C(N)=O)cc(OCCCN5CCN(CCOCCOCCOCCOCCOCCOCCOCCOCCOCCOCCNC(=O)CN6C(=O)C=CC6=O)CC5)c43)c2n1C. The smallest absolute Gasteiger partial charge is 0.276 e. The van der Waals surface area contributed by atoms with E-state index in [0.29, 0.717) is 202 Å². The van der Waals surface area contributed by atoms with E-state index in [0.717, 1.165) is 56.3 Å². The summed E-state index contributed by atoms with van der Waals surface area (Å²) < 4.78 is 75.1. The van der Waals surface area contributed by atoms with Gasteiger partial charge in [-0.05, 0) is 76.6 Å².